The van der Waals surface area contributed by atoms with Gasteiger partial charge in [-0.3, -0.25) is 4.79 Å². The Hall–Kier alpha value is -2.54. The molecule has 0 spiro atoms. The van der Waals surface area contributed by atoms with Crippen molar-refractivity contribution in [2.45, 2.75) is 32.9 Å². The summed E-state index contributed by atoms with van der Waals surface area (Å²) in [5.41, 5.74) is 1.32. The number of amides is 1. The first-order valence-electron chi connectivity index (χ1n) is 8.67. The first kappa shape index (κ1) is 20.8. The predicted octanol–water partition coefficient (Wildman–Crippen LogP) is 3.47. The standard InChI is InChI=1S/C20H25NO5S/c1-5-15(2)21(20(22)17-9-7-10-18(13-17)25-3)14-16-8-6-11-19(12-16)26-27(4,23)24/h6-13,15H,5,14H2,1-4H3/t15-/m0/s1. The van der Waals surface area contributed by atoms with Crippen LogP contribution in [0.5, 0.6) is 11.5 Å². The maximum Gasteiger partial charge on any atom is 0.306 e. The Labute approximate surface area is 160 Å². The fraction of sp³-hybridized carbons (Fsp3) is 0.350. The minimum Gasteiger partial charge on any atom is -0.497 e. The number of carbonyl (C=O) groups is 1. The second-order valence-electron chi connectivity index (χ2n) is 6.36. The molecule has 27 heavy (non-hydrogen) atoms. The normalized spacial score (nSPS) is 12.3. The topological polar surface area (TPSA) is 72.9 Å². The molecular formula is C20H25NO5S. The average molecular weight is 391 g/mol. The van der Waals surface area contributed by atoms with E-state index in [1.807, 2.05) is 19.9 Å². The summed E-state index contributed by atoms with van der Waals surface area (Å²) in [5, 5.41) is 0. The lowest BCUT2D eigenvalue weighted by Crippen LogP contribution is -2.37. The molecule has 0 aromatic heterocycles. The van der Waals surface area contributed by atoms with Crippen molar-refractivity contribution in [3.63, 3.8) is 0 Å². The maximum absolute atomic E-state index is 13.1. The minimum absolute atomic E-state index is 0.00295. The molecule has 0 saturated carbocycles. The Kier molecular flexibility index (Phi) is 6.85. The van der Waals surface area contributed by atoms with E-state index in [2.05, 4.69) is 0 Å². The van der Waals surface area contributed by atoms with Gasteiger partial charge in [-0.05, 0) is 49.2 Å². The van der Waals surface area contributed by atoms with Crippen LogP contribution in [0, 0.1) is 0 Å². The van der Waals surface area contributed by atoms with Gasteiger partial charge in [0, 0.05) is 18.2 Å². The van der Waals surface area contributed by atoms with Crippen LogP contribution < -0.4 is 8.92 Å². The molecule has 0 bridgehead atoms. The van der Waals surface area contributed by atoms with Crippen molar-refractivity contribution >= 4 is 16.0 Å². The predicted molar refractivity (Wildman–Crippen MR) is 105 cm³/mol. The van der Waals surface area contributed by atoms with Gasteiger partial charge < -0.3 is 13.8 Å². The molecule has 2 aromatic rings. The van der Waals surface area contributed by atoms with Crippen molar-refractivity contribution in [3.8, 4) is 11.5 Å². The van der Waals surface area contributed by atoms with Gasteiger partial charge in [0.05, 0.1) is 13.4 Å². The van der Waals surface area contributed by atoms with Gasteiger partial charge in [-0.25, -0.2) is 0 Å². The van der Waals surface area contributed by atoms with Gasteiger partial charge in [0.15, 0.2) is 0 Å². The van der Waals surface area contributed by atoms with Crippen molar-refractivity contribution in [2.24, 2.45) is 0 Å². The van der Waals surface area contributed by atoms with Gasteiger partial charge in [0.1, 0.15) is 11.5 Å². The summed E-state index contributed by atoms with van der Waals surface area (Å²) in [4.78, 5) is 14.8. The number of carbonyl (C=O) groups excluding carboxylic acids is 1. The molecular weight excluding hydrogens is 366 g/mol. The summed E-state index contributed by atoms with van der Waals surface area (Å²) >= 11 is 0. The lowest BCUT2D eigenvalue weighted by molar-refractivity contribution is 0.0671. The summed E-state index contributed by atoms with van der Waals surface area (Å²) in [6.45, 7) is 4.33. The number of benzene rings is 2. The second kappa shape index (κ2) is 8.90. The van der Waals surface area contributed by atoms with Crippen molar-refractivity contribution in [2.75, 3.05) is 13.4 Å². The number of nitrogens with zero attached hydrogens (tertiary/aromatic N) is 1. The third-order valence-corrected chi connectivity index (χ3v) is 4.69. The number of rotatable bonds is 8. The zero-order valence-electron chi connectivity index (χ0n) is 16.0. The molecule has 0 heterocycles. The average Bonchev–Trinajstić information content (AvgIpc) is 2.64. The number of hydrogen-bond donors (Lipinski definition) is 0. The zero-order chi connectivity index (χ0) is 20.0. The highest BCUT2D eigenvalue weighted by atomic mass is 32.2. The Morgan fingerprint density at radius 1 is 1.11 bits per heavy atom. The summed E-state index contributed by atoms with van der Waals surface area (Å²) in [6, 6.07) is 13.8. The number of ether oxygens (including phenoxy) is 1. The molecule has 0 radical (unpaired) electrons. The molecule has 7 heteroatoms. The molecule has 0 aliphatic rings. The highest BCUT2D eigenvalue weighted by Crippen LogP contribution is 2.21. The number of hydrogen-bond acceptors (Lipinski definition) is 5. The first-order chi connectivity index (χ1) is 12.7. The van der Waals surface area contributed by atoms with E-state index in [9.17, 15) is 13.2 Å². The van der Waals surface area contributed by atoms with Crippen LogP contribution >= 0.6 is 0 Å². The molecule has 1 amide bonds. The van der Waals surface area contributed by atoms with Gasteiger partial charge in [-0.1, -0.05) is 25.1 Å². The molecule has 0 fully saturated rings. The fourth-order valence-electron chi connectivity index (χ4n) is 2.64. The van der Waals surface area contributed by atoms with Crippen LogP contribution in [0.2, 0.25) is 0 Å². The van der Waals surface area contributed by atoms with E-state index in [0.717, 1.165) is 18.2 Å². The Morgan fingerprint density at radius 3 is 2.41 bits per heavy atom. The van der Waals surface area contributed by atoms with E-state index in [-0.39, 0.29) is 17.7 Å². The van der Waals surface area contributed by atoms with Crippen molar-refractivity contribution in [1.82, 2.24) is 4.90 Å². The van der Waals surface area contributed by atoms with Crippen molar-refractivity contribution in [1.29, 1.82) is 0 Å². The smallest absolute Gasteiger partial charge is 0.306 e. The lowest BCUT2D eigenvalue weighted by Gasteiger charge is -2.29. The van der Waals surface area contributed by atoms with Crippen LogP contribution in [0.3, 0.4) is 0 Å². The Bertz CT molecular complexity index is 895. The Balaban J connectivity index is 2.29. The van der Waals surface area contributed by atoms with Crippen LogP contribution in [0.1, 0.15) is 36.2 Å². The molecule has 0 saturated heterocycles. The quantitative estimate of drug-likeness (QED) is 0.644. The monoisotopic (exact) mass is 391 g/mol. The molecule has 1 atom stereocenters. The summed E-state index contributed by atoms with van der Waals surface area (Å²) in [6.07, 6.45) is 1.78. The van der Waals surface area contributed by atoms with E-state index < -0.39 is 10.1 Å². The summed E-state index contributed by atoms with van der Waals surface area (Å²) in [7, 11) is -2.05. The molecule has 2 aromatic carbocycles. The van der Waals surface area contributed by atoms with E-state index in [1.54, 1.807) is 54.5 Å². The van der Waals surface area contributed by atoms with E-state index in [0.29, 0.717) is 17.9 Å². The van der Waals surface area contributed by atoms with Gasteiger partial charge in [-0.2, -0.15) is 8.42 Å². The van der Waals surface area contributed by atoms with E-state index in [4.69, 9.17) is 8.92 Å². The SMILES string of the molecule is CC[C@H](C)N(Cc1cccc(OS(C)(=O)=O)c1)C(=O)c1cccc(OC)c1. The molecule has 0 aliphatic carbocycles. The van der Waals surface area contributed by atoms with Crippen LogP contribution in [-0.2, 0) is 16.7 Å². The minimum atomic E-state index is -3.60. The molecule has 2 rings (SSSR count). The van der Waals surface area contributed by atoms with Crippen LogP contribution in [0.25, 0.3) is 0 Å². The molecule has 0 N–H and O–H groups in total. The van der Waals surface area contributed by atoms with Crippen LogP contribution in [0.15, 0.2) is 48.5 Å². The van der Waals surface area contributed by atoms with E-state index in [1.165, 1.54) is 0 Å². The van der Waals surface area contributed by atoms with Gasteiger partial charge in [-0.15, -0.1) is 0 Å². The zero-order valence-corrected chi connectivity index (χ0v) is 16.8. The molecule has 146 valence electrons. The summed E-state index contributed by atoms with van der Waals surface area (Å²) < 4.78 is 32.8. The lowest BCUT2D eigenvalue weighted by atomic mass is 10.1. The molecule has 0 aliphatic heterocycles. The highest BCUT2D eigenvalue weighted by Gasteiger charge is 2.21. The van der Waals surface area contributed by atoms with Crippen LogP contribution in [0.4, 0.5) is 0 Å². The van der Waals surface area contributed by atoms with E-state index >= 15 is 0 Å². The van der Waals surface area contributed by atoms with Crippen LogP contribution in [-0.4, -0.2) is 38.6 Å². The first-order valence-corrected chi connectivity index (χ1v) is 10.5. The number of methoxy groups -OCH3 is 1. The van der Waals surface area contributed by atoms with Gasteiger partial charge in [0.25, 0.3) is 5.91 Å². The maximum atomic E-state index is 13.1. The van der Waals surface area contributed by atoms with Crippen molar-refractivity contribution in [3.05, 3.63) is 59.7 Å². The van der Waals surface area contributed by atoms with Crippen molar-refractivity contribution < 1.29 is 22.1 Å². The molecule has 6 nitrogen and oxygen atoms in total. The Morgan fingerprint density at radius 2 is 1.78 bits per heavy atom. The third kappa shape index (κ3) is 5.99. The highest BCUT2D eigenvalue weighted by molar-refractivity contribution is 7.86. The third-order valence-electron chi connectivity index (χ3n) is 4.20. The van der Waals surface area contributed by atoms with Gasteiger partial charge >= 0.3 is 10.1 Å². The summed E-state index contributed by atoms with van der Waals surface area (Å²) in [5.74, 6) is 0.735. The van der Waals surface area contributed by atoms with Gasteiger partial charge in [0.2, 0.25) is 0 Å². The second-order valence-corrected chi connectivity index (χ2v) is 7.93. The molecule has 0 unspecified atom stereocenters. The fourth-order valence-corrected chi connectivity index (χ4v) is 3.09. The largest absolute Gasteiger partial charge is 0.497 e.